The number of aromatic nitrogens is 2. The van der Waals surface area contributed by atoms with Crippen molar-refractivity contribution in [2.24, 2.45) is 0 Å². The molecule has 2 nitrogen and oxygen atoms in total. The third-order valence-electron chi connectivity index (χ3n) is 2.88. The number of benzene rings is 2. The molecule has 1 aromatic heterocycles. The van der Waals surface area contributed by atoms with E-state index in [1.54, 1.807) is 22.8 Å². The number of nitrogens with zero attached hydrogens (tertiary/aromatic N) is 1. The number of hydrogen-bond donors (Lipinski definition) is 1. The Morgan fingerprint density at radius 2 is 1.60 bits per heavy atom. The fourth-order valence-electron chi connectivity index (χ4n) is 2.00. The number of aromatic amines is 1. The van der Waals surface area contributed by atoms with E-state index in [2.05, 4.69) is 4.98 Å². The van der Waals surface area contributed by atoms with E-state index in [-0.39, 0.29) is 0 Å². The average Bonchev–Trinajstić information content (AvgIpc) is 2.69. The van der Waals surface area contributed by atoms with Gasteiger partial charge in [0.15, 0.2) is 4.77 Å². The molecule has 0 atom stereocenters. The highest BCUT2D eigenvalue weighted by molar-refractivity contribution is 7.71. The third-order valence-corrected chi connectivity index (χ3v) is 4.42. The van der Waals surface area contributed by atoms with Crippen LogP contribution in [0.2, 0.25) is 20.1 Å². The van der Waals surface area contributed by atoms with Crippen LogP contribution in [0.15, 0.2) is 30.3 Å². The molecule has 102 valence electrons. The van der Waals surface area contributed by atoms with Gasteiger partial charge in [0.2, 0.25) is 0 Å². The van der Waals surface area contributed by atoms with Gasteiger partial charge in [0.1, 0.15) is 0 Å². The highest BCUT2D eigenvalue weighted by Crippen LogP contribution is 2.33. The zero-order valence-electron chi connectivity index (χ0n) is 9.75. The molecule has 0 saturated heterocycles. The Kier molecular flexibility index (Phi) is 3.73. The molecule has 3 rings (SSSR count). The Balaban J connectivity index is 2.40. The topological polar surface area (TPSA) is 20.7 Å². The number of fused-ring (bicyclic) bond motifs is 1. The van der Waals surface area contributed by atoms with Gasteiger partial charge in [-0.2, -0.15) is 0 Å². The van der Waals surface area contributed by atoms with E-state index in [1.165, 1.54) is 0 Å². The van der Waals surface area contributed by atoms with Crippen molar-refractivity contribution in [2.45, 2.75) is 0 Å². The molecule has 1 N–H and O–H groups in total. The van der Waals surface area contributed by atoms with Crippen LogP contribution >= 0.6 is 58.6 Å². The molecule has 1 heterocycles. The average molecular weight is 364 g/mol. The molecule has 0 saturated carbocycles. The first kappa shape index (κ1) is 14.2. The molecule has 2 aromatic carbocycles. The first-order valence-corrected chi connectivity index (χ1v) is 7.44. The van der Waals surface area contributed by atoms with Crippen LogP contribution in [-0.4, -0.2) is 9.55 Å². The highest BCUT2D eigenvalue weighted by atomic mass is 35.5. The zero-order chi connectivity index (χ0) is 14.4. The van der Waals surface area contributed by atoms with Crippen molar-refractivity contribution in [2.75, 3.05) is 0 Å². The van der Waals surface area contributed by atoms with Crippen molar-refractivity contribution in [3.63, 3.8) is 0 Å². The minimum atomic E-state index is 0.393. The standard InChI is InChI=1S/C13H6Cl4N2S/c14-6-1-2-10-12(3-6)19(13(20)18-10)11-5-8(16)7(15)4-9(11)17/h1-5H,(H,18,20). The summed E-state index contributed by atoms with van der Waals surface area (Å²) in [7, 11) is 0. The minimum absolute atomic E-state index is 0.393. The number of halogens is 4. The van der Waals surface area contributed by atoms with Crippen LogP contribution in [0.1, 0.15) is 0 Å². The van der Waals surface area contributed by atoms with Gasteiger partial charge in [-0.1, -0.05) is 46.4 Å². The molecule has 0 aliphatic heterocycles. The second kappa shape index (κ2) is 5.24. The lowest BCUT2D eigenvalue weighted by Gasteiger charge is -2.09. The summed E-state index contributed by atoms with van der Waals surface area (Å²) >= 11 is 29.6. The van der Waals surface area contributed by atoms with Crippen LogP contribution in [-0.2, 0) is 0 Å². The zero-order valence-corrected chi connectivity index (χ0v) is 13.6. The SMILES string of the molecule is S=c1[nH]c2ccc(Cl)cc2n1-c1cc(Cl)c(Cl)cc1Cl. The van der Waals surface area contributed by atoms with Crippen molar-refractivity contribution >= 4 is 69.7 Å². The maximum atomic E-state index is 6.25. The van der Waals surface area contributed by atoms with Crippen molar-refractivity contribution in [3.05, 3.63) is 55.2 Å². The number of hydrogen-bond acceptors (Lipinski definition) is 1. The predicted molar refractivity (Wildman–Crippen MR) is 88.5 cm³/mol. The summed E-state index contributed by atoms with van der Waals surface area (Å²) in [5.41, 5.74) is 2.34. The lowest BCUT2D eigenvalue weighted by molar-refractivity contribution is 1.07. The van der Waals surface area contributed by atoms with E-state index in [4.69, 9.17) is 58.6 Å². The van der Waals surface area contributed by atoms with Crippen molar-refractivity contribution < 1.29 is 0 Å². The summed E-state index contributed by atoms with van der Waals surface area (Å²) < 4.78 is 2.28. The van der Waals surface area contributed by atoms with Gasteiger partial charge in [-0.15, -0.1) is 0 Å². The van der Waals surface area contributed by atoms with E-state index >= 15 is 0 Å². The molecule has 20 heavy (non-hydrogen) atoms. The van der Waals surface area contributed by atoms with Crippen LogP contribution in [0.25, 0.3) is 16.7 Å². The first-order valence-electron chi connectivity index (χ1n) is 5.52. The molecule has 0 aliphatic carbocycles. The van der Waals surface area contributed by atoms with Gasteiger partial charge < -0.3 is 4.98 Å². The van der Waals surface area contributed by atoms with E-state index in [1.807, 2.05) is 12.1 Å². The van der Waals surface area contributed by atoms with Crippen molar-refractivity contribution in [3.8, 4) is 5.69 Å². The highest BCUT2D eigenvalue weighted by Gasteiger charge is 2.12. The van der Waals surface area contributed by atoms with Gasteiger partial charge in [-0.05, 0) is 42.5 Å². The van der Waals surface area contributed by atoms with Crippen molar-refractivity contribution in [1.29, 1.82) is 0 Å². The smallest absolute Gasteiger partial charge is 0.182 e. The fraction of sp³-hybridized carbons (Fsp3) is 0. The Hall–Kier alpha value is -0.710. The Morgan fingerprint density at radius 3 is 2.35 bits per heavy atom. The van der Waals surface area contributed by atoms with E-state index in [0.717, 1.165) is 11.0 Å². The molecule has 0 spiro atoms. The molecule has 0 fully saturated rings. The maximum absolute atomic E-state index is 6.25. The van der Waals surface area contributed by atoms with Crippen LogP contribution in [0, 0.1) is 4.77 Å². The van der Waals surface area contributed by atoms with Gasteiger partial charge in [0, 0.05) is 5.02 Å². The second-order valence-electron chi connectivity index (χ2n) is 4.14. The van der Waals surface area contributed by atoms with Crippen LogP contribution in [0.4, 0.5) is 0 Å². The summed E-state index contributed by atoms with van der Waals surface area (Å²) in [6, 6.07) is 8.72. The quantitative estimate of drug-likeness (QED) is 0.397. The van der Waals surface area contributed by atoms with E-state index in [0.29, 0.717) is 30.5 Å². The van der Waals surface area contributed by atoms with Crippen LogP contribution < -0.4 is 0 Å². The van der Waals surface area contributed by atoms with Gasteiger partial charge in [0.25, 0.3) is 0 Å². The molecule has 0 bridgehead atoms. The van der Waals surface area contributed by atoms with Crippen LogP contribution in [0.5, 0.6) is 0 Å². The minimum Gasteiger partial charge on any atom is -0.330 e. The summed E-state index contributed by atoms with van der Waals surface area (Å²) in [6.45, 7) is 0. The predicted octanol–water partition coefficient (Wildman–Crippen LogP) is 6.30. The Labute approximate surface area is 139 Å². The molecule has 7 heteroatoms. The Bertz CT molecular complexity index is 882. The third kappa shape index (κ3) is 2.34. The van der Waals surface area contributed by atoms with Gasteiger partial charge in [-0.3, -0.25) is 4.57 Å². The molecule has 0 unspecified atom stereocenters. The number of rotatable bonds is 1. The fourth-order valence-corrected chi connectivity index (χ4v) is 3.10. The summed E-state index contributed by atoms with van der Waals surface area (Å²) in [5.74, 6) is 0. The molecular formula is C13H6Cl4N2S. The monoisotopic (exact) mass is 362 g/mol. The molecule has 0 radical (unpaired) electrons. The molecule has 3 aromatic rings. The lowest BCUT2D eigenvalue weighted by Crippen LogP contribution is -1.95. The lowest BCUT2D eigenvalue weighted by atomic mass is 10.2. The number of imidazole rings is 1. The van der Waals surface area contributed by atoms with Crippen LogP contribution in [0.3, 0.4) is 0 Å². The maximum Gasteiger partial charge on any atom is 0.182 e. The van der Waals surface area contributed by atoms with Crippen molar-refractivity contribution in [1.82, 2.24) is 9.55 Å². The molecular weight excluding hydrogens is 358 g/mol. The summed E-state index contributed by atoms with van der Waals surface area (Å²) in [4.78, 5) is 3.10. The number of H-pyrrole nitrogens is 1. The van der Waals surface area contributed by atoms with Gasteiger partial charge in [-0.25, -0.2) is 0 Å². The largest absolute Gasteiger partial charge is 0.330 e. The van der Waals surface area contributed by atoms with Gasteiger partial charge in [0.05, 0.1) is 31.8 Å². The Morgan fingerprint density at radius 1 is 0.900 bits per heavy atom. The summed E-state index contributed by atoms with van der Waals surface area (Å²) in [5, 5.41) is 1.86. The second-order valence-corrected chi connectivity index (χ2v) is 6.19. The van der Waals surface area contributed by atoms with Gasteiger partial charge >= 0.3 is 0 Å². The summed E-state index contributed by atoms with van der Waals surface area (Å²) in [6.07, 6.45) is 0. The molecule has 0 amide bonds. The molecule has 0 aliphatic rings. The van der Waals surface area contributed by atoms with E-state index < -0.39 is 0 Å². The number of nitrogens with one attached hydrogen (secondary N) is 1. The van der Waals surface area contributed by atoms with E-state index in [9.17, 15) is 0 Å². The first-order chi connectivity index (χ1) is 9.47. The normalized spacial score (nSPS) is 11.2.